The number of carbonyl (C=O) groups excluding carboxylic acids is 1. The Hall–Kier alpha value is -2.04. The predicted octanol–water partition coefficient (Wildman–Crippen LogP) is 1.48. The molecule has 0 fully saturated rings. The summed E-state index contributed by atoms with van der Waals surface area (Å²) >= 11 is 0. The van der Waals surface area contributed by atoms with E-state index >= 15 is 0 Å². The predicted molar refractivity (Wildman–Crippen MR) is 69.6 cm³/mol. The molecule has 0 aliphatic carbocycles. The first kappa shape index (κ1) is 13.0. The number of rotatable bonds is 3. The summed E-state index contributed by atoms with van der Waals surface area (Å²) < 4.78 is 0. The van der Waals surface area contributed by atoms with Crippen molar-refractivity contribution >= 4 is 17.6 Å². The molecule has 2 amide bonds. The Morgan fingerprint density at radius 2 is 2.06 bits per heavy atom. The maximum absolute atomic E-state index is 11.9. The van der Waals surface area contributed by atoms with Gasteiger partial charge in [-0.1, -0.05) is 12.1 Å². The normalized spacial score (nSPS) is 9.82. The van der Waals surface area contributed by atoms with E-state index in [1.54, 1.807) is 37.2 Å². The number of hydrogen-bond acceptors (Lipinski definition) is 2. The lowest BCUT2D eigenvalue weighted by atomic mass is 10.2. The van der Waals surface area contributed by atoms with Crippen LogP contribution in [0.1, 0.15) is 12.5 Å². The van der Waals surface area contributed by atoms with E-state index in [0.717, 1.165) is 5.69 Å². The van der Waals surface area contributed by atoms with Gasteiger partial charge in [-0.25, -0.2) is 4.79 Å². The van der Waals surface area contributed by atoms with E-state index < -0.39 is 0 Å². The third kappa shape index (κ3) is 2.96. The quantitative estimate of drug-likeness (QED) is 0.614. The van der Waals surface area contributed by atoms with Gasteiger partial charge in [0.1, 0.15) is 5.84 Å². The molecule has 0 saturated heterocycles. The Morgan fingerprint density at radius 3 is 2.59 bits per heavy atom. The number of urea groups is 1. The Labute approximate surface area is 101 Å². The molecule has 1 aromatic rings. The number of anilines is 1. The van der Waals surface area contributed by atoms with Gasteiger partial charge in [-0.3, -0.25) is 10.3 Å². The van der Waals surface area contributed by atoms with Crippen LogP contribution in [0.2, 0.25) is 0 Å². The fourth-order valence-electron chi connectivity index (χ4n) is 1.38. The molecule has 0 radical (unpaired) electrons. The second-order valence-corrected chi connectivity index (χ2v) is 3.82. The summed E-state index contributed by atoms with van der Waals surface area (Å²) in [4.78, 5) is 15.1. The Balaban J connectivity index is 2.96. The molecule has 0 unspecified atom stereocenters. The summed E-state index contributed by atoms with van der Waals surface area (Å²) in [5.41, 5.74) is 6.75. The van der Waals surface area contributed by atoms with Crippen LogP contribution in [0.4, 0.5) is 10.5 Å². The van der Waals surface area contributed by atoms with Gasteiger partial charge in [-0.2, -0.15) is 0 Å². The van der Waals surface area contributed by atoms with Gasteiger partial charge in [0.15, 0.2) is 0 Å². The van der Waals surface area contributed by atoms with Crippen molar-refractivity contribution in [1.82, 2.24) is 4.90 Å². The topological polar surface area (TPSA) is 73.4 Å². The fraction of sp³-hybridized carbons (Fsp3) is 0.333. The molecular formula is C12H18N4O. The lowest BCUT2D eigenvalue weighted by Crippen LogP contribution is -2.38. The van der Waals surface area contributed by atoms with Gasteiger partial charge in [-0.05, 0) is 19.1 Å². The molecular weight excluding hydrogens is 216 g/mol. The summed E-state index contributed by atoms with van der Waals surface area (Å²) in [6.45, 7) is 2.56. The molecule has 92 valence electrons. The van der Waals surface area contributed by atoms with Gasteiger partial charge in [0.25, 0.3) is 0 Å². The molecule has 0 aliphatic rings. The van der Waals surface area contributed by atoms with Gasteiger partial charge in [0.2, 0.25) is 0 Å². The number of carbonyl (C=O) groups is 1. The minimum atomic E-state index is -0.0896. The van der Waals surface area contributed by atoms with Crippen LogP contribution < -0.4 is 10.6 Å². The third-order valence-corrected chi connectivity index (χ3v) is 2.63. The molecule has 1 rings (SSSR count). The molecule has 0 spiro atoms. The van der Waals surface area contributed by atoms with Gasteiger partial charge in [0, 0.05) is 31.9 Å². The zero-order valence-electron chi connectivity index (χ0n) is 10.4. The molecule has 1 aromatic carbocycles. The average molecular weight is 234 g/mol. The van der Waals surface area contributed by atoms with Crippen molar-refractivity contribution < 1.29 is 4.79 Å². The average Bonchev–Trinajstić information content (AvgIpc) is 2.36. The van der Waals surface area contributed by atoms with Crippen LogP contribution in [0.3, 0.4) is 0 Å². The number of nitrogen functional groups attached to an aromatic ring is 1. The highest BCUT2D eigenvalue weighted by Gasteiger charge is 2.14. The van der Waals surface area contributed by atoms with Crippen LogP contribution in [-0.4, -0.2) is 37.4 Å². The summed E-state index contributed by atoms with van der Waals surface area (Å²) in [7, 11) is 3.45. The lowest BCUT2D eigenvalue weighted by molar-refractivity contribution is 0.219. The Kier molecular flexibility index (Phi) is 4.09. The standard InChI is InChI=1S/C12H18N4O/c1-4-15(2)12(17)16(3)10-7-5-6-9(8-10)11(13)14/h5-8H,4H2,1-3H3,(H3,13,14). The van der Waals surface area contributed by atoms with Crippen LogP contribution >= 0.6 is 0 Å². The highest BCUT2D eigenvalue weighted by atomic mass is 16.2. The fourth-order valence-corrected chi connectivity index (χ4v) is 1.38. The summed E-state index contributed by atoms with van der Waals surface area (Å²) in [6.07, 6.45) is 0. The number of nitrogens with two attached hydrogens (primary N) is 1. The monoisotopic (exact) mass is 234 g/mol. The summed E-state index contributed by atoms with van der Waals surface area (Å²) in [5.74, 6) is -0.00320. The first-order chi connectivity index (χ1) is 7.97. The number of benzene rings is 1. The van der Waals surface area contributed by atoms with Crippen molar-refractivity contribution in [3.05, 3.63) is 29.8 Å². The van der Waals surface area contributed by atoms with Crippen molar-refractivity contribution in [2.75, 3.05) is 25.5 Å². The zero-order valence-corrected chi connectivity index (χ0v) is 10.4. The van der Waals surface area contributed by atoms with Crippen LogP contribution in [0.25, 0.3) is 0 Å². The first-order valence-electron chi connectivity index (χ1n) is 5.40. The largest absolute Gasteiger partial charge is 0.384 e. The van der Waals surface area contributed by atoms with E-state index in [1.165, 1.54) is 4.90 Å². The lowest BCUT2D eigenvalue weighted by Gasteiger charge is -2.24. The minimum Gasteiger partial charge on any atom is -0.384 e. The number of hydrogen-bond donors (Lipinski definition) is 2. The molecule has 0 aliphatic heterocycles. The van der Waals surface area contributed by atoms with Crippen LogP contribution in [-0.2, 0) is 0 Å². The Morgan fingerprint density at radius 1 is 1.41 bits per heavy atom. The number of nitrogens with zero attached hydrogens (tertiary/aromatic N) is 2. The second-order valence-electron chi connectivity index (χ2n) is 3.82. The molecule has 3 N–H and O–H groups in total. The van der Waals surface area contributed by atoms with Crippen molar-refractivity contribution in [2.45, 2.75) is 6.92 Å². The van der Waals surface area contributed by atoms with Crippen LogP contribution in [0.5, 0.6) is 0 Å². The Bertz CT molecular complexity index is 430. The van der Waals surface area contributed by atoms with Crippen molar-refractivity contribution in [3.63, 3.8) is 0 Å². The zero-order chi connectivity index (χ0) is 13.0. The van der Waals surface area contributed by atoms with E-state index in [-0.39, 0.29) is 11.9 Å². The first-order valence-corrected chi connectivity index (χ1v) is 5.40. The van der Waals surface area contributed by atoms with E-state index in [0.29, 0.717) is 12.1 Å². The van der Waals surface area contributed by atoms with E-state index in [1.807, 2.05) is 13.0 Å². The summed E-state index contributed by atoms with van der Waals surface area (Å²) in [6, 6.07) is 6.97. The number of amides is 2. The molecule has 0 heterocycles. The molecule has 5 nitrogen and oxygen atoms in total. The minimum absolute atomic E-state index is 0.00320. The van der Waals surface area contributed by atoms with Crippen molar-refractivity contribution in [3.8, 4) is 0 Å². The van der Waals surface area contributed by atoms with Crippen molar-refractivity contribution in [1.29, 1.82) is 5.41 Å². The van der Waals surface area contributed by atoms with Crippen LogP contribution in [0.15, 0.2) is 24.3 Å². The second kappa shape index (κ2) is 5.34. The molecule has 0 bridgehead atoms. The smallest absolute Gasteiger partial charge is 0.323 e. The molecule has 17 heavy (non-hydrogen) atoms. The molecule has 0 aromatic heterocycles. The third-order valence-electron chi connectivity index (χ3n) is 2.63. The maximum atomic E-state index is 11.9. The van der Waals surface area contributed by atoms with E-state index in [4.69, 9.17) is 11.1 Å². The number of nitrogens with one attached hydrogen (secondary N) is 1. The van der Waals surface area contributed by atoms with Crippen molar-refractivity contribution in [2.24, 2.45) is 5.73 Å². The molecule has 0 saturated carbocycles. The van der Waals surface area contributed by atoms with Gasteiger partial charge < -0.3 is 10.6 Å². The molecule has 0 atom stereocenters. The van der Waals surface area contributed by atoms with E-state index in [9.17, 15) is 4.79 Å². The highest BCUT2D eigenvalue weighted by Crippen LogP contribution is 2.15. The highest BCUT2D eigenvalue weighted by molar-refractivity contribution is 5.97. The van der Waals surface area contributed by atoms with Gasteiger partial charge in [0.05, 0.1) is 0 Å². The van der Waals surface area contributed by atoms with Crippen LogP contribution in [0, 0.1) is 5.41 Å². The van der Waals surface area contributed by atoms with Gasteiger partial charge >= 0.3 is 6.03 Å². The maximum Gasteiger partial charge on any atom is 0.323 e. The number of amidine groups is 1. The van der Waals surface area contributed by atoms with Gasteiger partial charge in [-0.15, -0.1) is 0 Å². The SMILES string of the molecule is CCN(C)C(=O)N(C)c1cccc(C(=N)N)c1. The molecule has 5 heteroatoms. The summed E-state index contributed by atoms with van der Waals surface area (Å²) in [5, 5.41) is 7.36. The van der Waals surface area contributed by atoms with E-state index in [2.05, 4.69) is 0 Å².